The fraction of sp³-hybridized carbons (Fsp3) is 0.543. The molecular weight excluding hydrogens is 602 g/mol. The van der Waals surface area contributed by atoms with Crippen LogP contribution in [0.4, 0.5) is 0 Å². The predicted octanol–water partition coefficient (Wildman–Crippen LogP) is 3.75. The molecule has 4 rings (SSSR count). The number of rotatable bonds is 3. The van der Waals surface area contributed by atoms with Crippen molar-refractivity contribution in [1.29, 1.82) is 0 Å². The molecule has 5 bridgehead atoms. The van der Waals surface area contributed by atoms with Crippen molar-refractivity contribution in [3.8, 4) is 0 Å². The van der Waals surface area contributed by atoms with Gasteiger partial charge in [0.25, 0.3) is 5.91 Å². The van der Waals surface area contributed by atoms with E-state index in [0.29, 0.717) is 24.1 Å². The first-order chi connectivity index (χ1) is 21.9. The van der Waals surface area contributed by atoms with Crippen LogP contribution in [0, 0.1) is 11.3 Å². The molecule has 2 aliphatic rings. The number of ether oxygens (including phenoxy) is 2. The van der Waals surface area contributed by atoms with Crippen LogP contribution in [0.2, 0.25) is 0 Å². The molecule has 1 fully saturated rings. The Morgan fingerprint density at radius 1 is 1.11 bits per heavy atom. The van der Waals surface area contributed by atoms with Gasteiger partial charge in [0, 0.05) is 11.9 Å². The lowest BCUT2D eigenvalue weighted by atomic mass is 9.89. The van der Waals surface area contributed by atoms with Gasteiger partial charge in [0.2, 0.25) is 11.8 Å². The van der Waals surface area contributed by atoms with E-state index in [1.807, 2.05) is 30.3 Å². The molecule has 2 aliphatic heterocycles. The summed E-state index contributed by atoms with van der Waals surface area (Å²) in [7, 11) is 0. The van der Waals surface area contributed by atoms with E-state index in [1.165, 1.54) is 5.01 Å². The number of hydrogen-bond acceptors (Lipinski definition) is 9. The molecule has 254 valence electrons. The Hall–Kier alpha value is -4.32. The largest absolute Gasteiger partial charge is 0.460 e. The van der Waals surface area contributed by atoms with Gasteiger partial charge in [-0.2, -0.15) is 0 Å². The maximum atomic E-state index is 13.9. The fourth-order valence-electron chi connectivity index (χ4n) is 5.35. The number of amides is 3. The first-order valence-corrected chi connectivity index (χ1v) is 16.1. The van der Waals surface area contributed by atoms with Crippen molar-refractivity contribution >= 4 is 46.6 Å². The number of fused-ring (bicyclic) bond motifs is 4. The average Bonchev–Trinajstić information content (AvgIpc) is 2.99. The Bertz CT molecular complexity index is 1560. The molecule has 3 N–H and O–H groups in total. The molecule has 0 radical (unpaired) electrons. The molecule has 0 saturated carbocycles. The van der Waals surface area contributed by atoms with Crippen LogP contribution in [0.15, 0.2) is 36.4 Å². The number of esters is 2. The van der Waals surface area contributed by atoms with Gasteiger partial charge in [-0.1, -0.05) is 44.2 Å². The molecule has 3 amide bonds. The number of hydrazine groups is 1. The van der Waals surface area contributed by atoms with Gasteiger partial charge in [-0.15, -0.1) is 0 Å². The van der Waals surface area contributed by atoms with Crippen molar-refractivity contribution in [3.63, 3.8) is 0 Å². The van der Waals surface area contributed by atoms with Crippen LogP contribution in [0.25, 0.3) is 17.0 Å². The van der Waals surface area contributed by atoms with Gasteiger partial charge in [0.15, 0.2) is 0 Å². The van der Waals surface area contributed by atoms with Gasteiger partial charge in [-0.3, -0.25) is 29.0 Å². The van der Waals surface area contributed by atoms with Crippen molar-refractivity contribution < 1.29 is 33.4 Å². The number of carbonyl (C=O) groups excluding carboxylic acids is 5. The summed E-state index contributed by atoms with van der Waals surface area (Å²) in [5.41, 5.74) is 3.17. The first kappa shape index (κ1) is 35.5. The van der Waals surface area contributed by atoms with Crippen molar-refractivity contribution in [2.75, 3.05) is 6.54 Å². The molecule has 1 aromatic carbocycles. The molecule has 12 heteroatoms. The summed E-state index contributed by atoms with van der Waals surface area (Å²) in [6.07, 6.45) is 3.33. The zero-order valence-electron chi connectivity index (χ0n) is 28.5. The van der Waals surface area contributed by atoms with E-state index in [2.05, 4.69) is 16.1 Å². The van der Waals surface area contributed by atoms with Crippen LogP contribution in [0.1, 0.15) is 92.0 Å². The normalized spacial score (nSPS) is 25.2. The Morgan fingerprint density at radius 2 is 1.81 bits per heavy atom. The summed E-state index contributed by atoms with van der Waals surface area (Å²) in [6.45, 7) is 14.1. The summed E-state index contributed by atoms with van der Waals surface area (Å²) in [5.74, 6) is -3.24. The highest BCUT2D eigenvalue weighted by Crippen LogP contribution is 2.25. The molecule has 47 heavy (non-hydrogen) atoms. The number of pyridine rings is 1. The Balaban J connectivity index is 1.73. The minimum absolute atomic E-state index is 0.234. The average molecular weight is 650 g/mol. The number of hydrogen-bond donors (Lipinski definition) is 3. The molecule has 4 atom stereocenters. The standard InChI is InChI=1S/C35H47N5O7/c1-20(2)29-30(42)37-27(19-28(41)47-34(4,5)6)31(43)40-17-9-10-25(39-40)32(44)46-21(3)24-14-13-23-12-11-22(18-26(23)36-24)15-16-35(7,8)33(45)38-29/h11-16,18,20-21,25,27,29,39H,9-10,17,19H2,1-8H3,(H,37,42)(H,38,45)/b16-15+/t21-,25?,27?,29?/m1/s1. The van der Waals surface area contributed by atoms with Crippen LogP contribution >= 0.6 is 0 Å². The lowest BCUT2D eigenvalue weighted by Gasteiger charge is -2.36. The molecule has 0 aliphatic carbocycles. The molecule has 3 heterocycles. The first-order valence-electron chi connectivity index (χ1n) is 16.1. The van der Waals surface area contributed by atoms with E-state index in [4.69, 9.17) is 14.5 Å². The highest BCUT2D eigenvalue weighted by atomic mass is 16.6. The van der Waals surface area contributed by atoms with E-state index in [9.17, 15) is 24.0 Å². The third-order valence-corrected chi connectivity index (χ3v) is 8.10. The van der Waals surface area contributed by atoms with Gasteiger partial charge in [-0.05, 0) is 78.0 Å². The topological polar surface area (TPSA) is 156 Å². The van der Waals surface area contributed by atoms with Crippen LogP contribution < -0.4 is 16.1 Å². The highest BCUT2D eigenvalue weighted by Gasteiger charge is 2.38. The van der Waals surface area contributed by atoms with Gasteiger partial charge < -0.3 is 20.1 Å². The molecule has 12 nitrogen and oxygen atoms in total. The minimum Gasteiger partial charge on any atom is -0.460 e. The van der Waals surface area contributed by atoms with Crippen molar-refractivity contribution in [1.82, 2.24) is 26.1 Å². The summed E-state index contributed by atoms with van der Waals surface area (Å²) in [4.78, 5) is 72.1. The van der Waals surface area contributed by atoms with Gasteiger partial charge in [0.1, 0.15) is 29.8 Å². The van der Waals surface area contributed by atoms with E-state index < -0.39 is 71.3 Å². The number of carbonyl (C=O) groups is 5. The van der Waals surface area contributed by atoms with Crippen LogP contribution in [0.3, 0.4) is 0 Å². The van der Waals surface area contributed by atoms with E-state index in [-0.39, 0.29) is 12.5 Å². The number of nitrogens with zero attached hydrogens (tertiary/aromatic N) is 2. The van der Waals surface area contributed by atoms with E-state index >= 15 is 0 Å². The Morgan fingerprint density at radius 3 is 2.49 bits per heavy atom. The summed E-state index contributed by atoms with van der Waals surface area (Å²) in [6, 6.07) is 6.25. The summed E-state index contributed by atoms with van der Waals surface area (Å²) >= 11 is 0. The smallest absolute Gasteiger partial charge is 0.325 e. The maximum Gasteiger partial charge on any atom is 0.325 e. The molecule has 3 unspecified atom stereocenters. The molecule has 0 spiro atoms. The van der Waals surface area contributed by atoms with Crippen LogP contribution in [-0.4, -0.2) is 69.9 Å². The molecule has 2 aromatic rings. The third-order valence-electron chi connectivity index (χ3n) is 8.10. The fourth-order valence-corrected chi connectivity index (χ4v) is 5.35. The van der Waals surface area contributed by atoms with Crippen LogP contribution in [0.5, 0.6) is 0 Å². The quantitative estimate of drug-likeness (QED) is 0.422. The summed E-state index contributed by atoms with van der Waals surface area (Å²) < 4.78 is 11.3. The van der Waals surface area contributed by atoms with Crippen LogP contribution in [-0.2, 0) is 33.4 Å². The minimum atomic E-state index is -1.33. The lowest BCUT2D eigenvalue weighted by molar-refractivity contribution is -0.161. The van der Waals surface area contributed by atoms with Gasteiger partial charge in [-0.25, -0.2) is 10.4 Å². The second-order valence-electron chi connectivity index (χ2n) is 14.2. The highest BCUT2D eigenvalue weighted by molar-refractivity contribution is 5.95. The Kier molecular flexibility index (Phi) is 10.7. The molecule has 1 aromatic heterocycles. The second-order valence-corrected chi connectivity index (χ2v) is 14.2. The molecular formula is C35H47N5O7. The van der Waals surface area contributed by atoms with Crippen molar-refractivity contribution in [2.45, 2.75) is 104 Å². The Labute approximate surface area is 276 Å². The van der Waals surface area contributed by atoms with Crippen molar-refractivity contribution in [3.05, 3.63) is 47.7 Å². The second kappa shape index (κ2) is 14.2. The predicted molar refractivity (Wildman–Crippen MR) is 176 cm³/mol. The number of aromatic nitrogens is 1. The summed E-state index contributed by atoms with van der Waals surface area (Å²) in [5, 5.41) is 7.68. The SMILES string of the molecule is CC(C)C1NC(=O)C(C)(C)/C=C/c2ccc3ccc(nc3c2)[C@@H](C)OC(=O)C2CCCN(N2)C(=O)C(CC(=O)OC(C)(C)C)NC1=O. The monoisotopic (exact) mass is 649 g/mol. The van der Waals surface area contributed by atoms with Crippen molar-refractivity contribution in [2.24, 2.45) is 11.3 Å². The van der Waals surface area contributed by atoms with E-state index in [1.54, 1.807) is 67.5 Å². The third kappa shape index (κ3) is 9.15. The lowest BCUT2D eigenvalue weighted by Crippen LogP contribution is -2.62. The zero-order chi connectivity index (χ0) is 34.7. The maximum absolute atomic E-state index is 13.9. The van der Waals surface area contributed by atoms with E-state index in [0.717, 1.165) is 10.9 Å². The molecule has 1 saturated heterocycles. The number of nitrogens with one attached hydrogen (secondary N) is 3. The number of benzene rings is 1. The number of cyclic esters (lactones) is 1. The van der Waals surface area contributed by atoms with Gasteiger partial charge in [0.05, 0.1) is 23.0 Å². The zero-order valence-corrected chi connectivity index (χ0v) is 28.5. The van der Waals surface area contributed by atoms with Gasteiger partial charge >= 0.3 is 11.9 Å².